The van der Waals surface area contributed by atoms with Gasteiger partial charge in [0.25, 0.3) is 0 Å². The predicted octanol–water partition coefficient (Wildman–Crippen LogP) is 0.225. The van der Waals surface area contributed by atoms with E-state index in [-0.39, 0.29) is 5.82 Å². The van der Waals surface area contributed by atoms with E-state index in [0.29, 0.717) is 5.69 Å². The highest BCUT2D eigenvalue weighted by atomic mass is 16.5. The Balaban J connectivity index is 2.39. The van der Waals surface area contributed by atoms with E-state index in [4.69, 9.17) is 5.11 Å². The third-order valence-corrected chi connectivity index (χ3v) is 1.42. The van der Waals surface area contributed by atoms with E-state index in [1.807, 2.05) is 0 Å². The SMILES string of the molecule is O=C(O)c1nc(-c2ccncn2)no1. The first kappa shape index (κ1) is 8.30. The summed E-state index contributed by atoms with van der Waals surface area (Å²) >= 11 is 0. The molecule has 7 nitrogen and oxygen atoms in total. The summed E-state index contributed by atoms with van der Waals surface area (Å²) in [5, 5.41) is 12.0. The number of aromatic carboxylic acids is 1. The summed E-state index contributed by atoms with van der Waals surface area (Å²) in [5.74, 6) is -1.60. The van der Waals surface area contributed by atoms with Crippen molar-refractivity contribution in [3.05, 3.63) is 24.5 Å². The molecule has 7 heteroatoms. The minimum absolute atomic E-state index is 0.129. The Morgan fingerprint density at radius 2 is 2.36 bits per heavy atom. The molecule has 2 heterocycles. The van der Waals surface area contributed by atoms with Crippen LogP contribution in [0, 0.1) is 0 Å². The van der Waals surface area contributed by atoms with Gasteiger partial charge < -0.3 is 9.63 Å². The first-order valence-corrected chi connectivity index (χ1v) is 3.61. The van der Waals surface area contributed by atoms with Gasteiger partial charge in [-0.05, 0) is 6.07 Å². The minimum atomic E-state index is -1.27. The molecule has 0 spiro atoms. The van der Waals surface area contributed by atoms with Crippen molar-refractivity contribution in [2.45, 2.75) is 0 Å². The van der Waals surface area contributed by atoms with Gasteiger partial charge in [0.1, 0.15) is 12.0 Å². The predicted molar refractivity (Wildman–Crippen MR) is 42.3 cm³/mol. The average molecular weight is 192 g/mol. The number of hydrogen-bond donors (Lipinski definition) is 1. The second-order valence-corrected chi connectivity index (χ2v) is 2.32. The normalized spacial score (nSPS) is 10.0. The monoisotopic (exact) mass is 192 g/mol. The zero-order valence-corrected chi connectivity index (χ0v) is 6.78. The molecular formula is C7H4N4O3. The van der Waals surface area contributed by atoms with E-state index in [0.717, 1.165) is 0 Å². The fourth-order valence-electron chi connectivity index (χ4n) is 0.837. The molecule has 0 atom stereocenters. The number of rotatable bonds is 2. The van der Waals surface area contributed by atoms with Crippen molar-refractivity contribution in [1.29, 1.82) is 0 Å². The Morgan fingerprint density at radius 3 is 2.93 bits per heavy atom. The van der Waals surface area contributed by atoms with Crippen LogP contribution in [0.25, 0.3) is 11.5 Å². The maximum Gasteiger partial charge on any atom is 0.394 e. The molecule has 0 aliphatic heterocycles. The van der Waals surface area contributed by atoms with Gasteiger partial charge in [0.15, 0.2) is 0 Å². The topological polar surface area (TPSA) is 102 Å². The van der Waals surface area contributed by atoms with E-state index in [9.17, 15) is 4.79 Å². The lowest BCUT2D eigenvalue weighted by Crippen LogP contribution is -1.95. The minimum Gasteiger partial charge on any atom is -0.474 e. The van der Waals surface area contributed by atoms with Crippen molar-refractivity contribution < 1.29 is 14.4 Å². The zero-order chi connectivity index (χ0) is 9.97. The number of carboxylic acids is 1. The molecule has 0 radical (unpaired) electrons. The molecule has 0 bridgehead atoms. The molecule has 70 valence electrons. The quantitative estimate of drug-likeness (QED) is 0.726. The Kier molecular flexibility index (Phi) is 1.90. The van der Waals surface area contributed by atoms with Gasteiger partial charge in [-0.1, -0.05) is 5.16 Å². The summed E-state index contributed by atoms with van der Waals surface area (Å²) in [4.78, 5) is 21.6. The van der Waals surface area contributed by atoms with Crippen LogP contribution in [-0.4, -0.2) is 31.2 Å². The maximum atomic E-state index is 10.4. The highest BCUT2D eigenvalue weighted by Gasteiger charge is 2.14. The lowest BCUT2D eigenvalue weighted by Gasteiger charge is -1.88. The number of carboxylic acid groups (broad SMARTS) is 1. The summed E-state index contributed by atoms with van der Waals surface area (Å²) in [7, 11) is 0. The summed E-state index contributed by atoms with van der Waals surface area (Å²) in [5.41, 5.74) is 0.413. The molecule has 2 aromatic heterocycles. The van der Waals surface area contributed by atoms with Gasteiger partial charge in [-0.25, -0.2) is 14.8 Å². The number of hydrogen-bond acceptors (Lipinski definition) is 6. The Hall–Kier alpha value is -2.31. The molecule has 0 aromatic carbocycles. The van der Waals surface area contributed by atoms with Crippen molar-refractivity contribution in [1.82, 2.24) is 20.1 Å². The van der Waals surface area contributed by atoms with Gasteiger partial charge in [0.2, 0.25) is 5.82 Å². The van der Waals surface area contributed by atoms with E-state index < -0.39 is 11.9 Å². The van der Waals surface area contributed by atoms with Gasteiger partial charge in [-0.3, -0.25) is 0 Å². The Morgan fingerprint density at radius 1 is 1.50 bits per heavy atom. The largest absolute Gasteiger partial charge is 0.474 e. The van der Waals surface area contributed by atoms with E-state index >= 15 is 0 Å². The van der Waals surface area contributed by atoms with Gasteiger partial charge >= 0.3 is 11.9 Å². The molecule has 2 rings (SSSR count). The number of aromatic nitrogens is 4. The fraction of sp³-hybridized carbons (Fsp3) is 0. The van der Waals surface area contributed by atoms with Crippen LogP contribution in [0.2, 0.25) is 0 Å². The van der Waals surface area contributed by atoms with Crippen LogP contribution in [-0.2, 0) is 0 Å². The fourth-order valence-corrected chi connectivity index (χ4v) is 0.837. The summed E-state index contributed by atoms with van der Waals surface area (Å²) in [6, 6.07) is 1.55. The van der Waals surface area contributed by atoms with Gasteiger partial charge in [-0.2, -0.15) is 4.98 Å². The molecule has 0 amide bonds. The highest BCUT2D eigenvalue weighted by molar-refractivity contribution is 5.82. The van der Waals surface area contributed by atoms with Crippen molar-refractivity contribution >= 4 is 5.97 Å². The summed E-state index contributed by atoms with van der Waals surface area (Å²) in [6.45, 7) is 0. The standard InChI is InChI=1S/C7H4N4O3/c12-7(13)6-10-5(11-14-6)4-1-2-8-3-9-4/h1-3H,(H,12,13). The maximum absolute atomic E-state index is 10.4. The van der Waals surface area contributed by atoms with Gasteiger partial charge in [-0.15, -0.1) is 0 Å². The molecule has 0 saturated heterocycles. The van der Waals surface area contributed by atoms with Crippen molar-refractivity contribution in [2.75, 3.05) is 0 Å². The summed E-state index contributed by atoms with van der Waals surface area (Å²) < 4.78 is 4.46. The molecule has 0 fully saturated rings. The van der Waals surface area contributed by atoms with E-state index in [1.165, 1.54) is 12.5 Å². The molecule has 0 aliphatic carbocycles. The zero-order valence-electron chi connectivity index (χ0n) is 6.78. The smallest absolute Gasteiger partial charge is 0.394 e. The van der Waals surface area contributed by atoms with Crippen molar-refractivity contribution in [3.63, 3.8) is 0 Å². The first-order chi connectivity index (χ1) is 6.77. The third-order valence-electron chi connectivity index (χ3n) is 1.42. The van der Waals surface area contributed by atoms with Gasteiger partial charge in [0.05, 0.1) is 0 Å². The number of nitrogens with zero attached hydrogens (tertiary/aromatic N) is 4. The van der Waals surface area contributed by atoms with Crippen molar-refractivity contribution in [3.8, 4) is 11.5 Å². The lowest BCUT2D eigenvalue weighted by atomic mass is 10.4. The summed E-state index contributed by atoms with van der Waals surface area (Å²) in [6.07, 6.45) is 2.81. The van der Waals surface area contributed by atoms with Crippen LogP contribution in [0.1, 0.15) is 10.7 Å². The highest BCUT2D eigenvalue weighted by Crippen LogP contribution is 2.10. The molecule has 0 saturated carbocycles. The molecular weight excluding hydrogens is 188 g/mol. The van der Waals surface area contributed by atoms with Crippen LogP contribution >= 0.6 is 0 Å². The average Bonchev–Trinajstić information content (AvgIpc) is 2.68. The molecule has 14 heavy (non-hydrogen) atoms. The third kappa shape index (κ3) is 1.42. The molecule has 2 aromatic rings. The van der Waals surface area contributed by atoms with Crippen LogP contribution in [0.15, 0.2) is 23.1 Å². The molecule has 1 N–H and O–H groups in total. The second-order valence-electron chi connectivity index (χ2n) is 2.32. The van der Waals surface area contributed by atoms with E-state index in [1.54, 1.807) is 6.07 Å². The Labute approximate surface area is 77.4 Å². The van der Waals surface area contributed by atoms with Gasteiger partial charge in [0, 0.05) is 6.20 Å². The second kappa shape index (κ2) is 3.21. The van der Waals surface area contributed by atoms with Crippen LogP contribution in [0.4, 0.5) is 0 Å². The Bertz CT molecular complexity index is 453. The molecule has 0 aliphatic rings. The first-order valence-electron chi connectivity index (χ1n) is 3.61. The van der Waals surface area contributed by atoms with Crippen LogP contribution in [0.3, 0.4) is 0 Å². The van der Waals surface area contributed by atoms with E-state index in [2.05, 4.69) is 24.6 Å². The molecule has 0 unspecified atom stereocenters. The van der Waals surface area contributed by atoms with Crippen LogP contribution in [0.5, 0.6) is 0 Å². The lowest BCUT2D eigenvalue weighted by molar-refractivity contribution is 0.0643. The van der Waals surface area contributed by atoms with Crippen molar-refractivity contribution in [2.24, 2.45) is 0 Å². The van der Waals surface area contributed by atoms with Crippen LogP contribution < -0.4 is 0 Å². The number of carbonyl (C=O) groups is 1.